The van der Waals surface area contributed by atoms with Gasteiger partial charge < -0.3 is 10.0 Å². The number of carbonyl (C=O) groups is 1. The van der Waals surface area contributed by atoms with Gasteiger partial charge in [-0.25, -0.2) is 4.79 Å². The average molecular weight is 215 g/mol. The Morgan fingerprint density at radius 3 is 2.86 bits per heavy atom. The van der Waals surface area contributed by atoms with E-state index in [9.17, 15) is 4.79 Å². The minimum absolute atomic E-state index is 0.325. The van der Waals surface area contributed by atoms with Crippen LogP contribution in [0.15, 0.2) is 12.3 Å². The van der Waals surface area contributed by atoms with E-state index < -0.39 is 5.97 Å². The van der Waals surface area contributed by atoms with E-state index in [4.69, 9.17) is 5.11 Å². The molecule has 0 radical (unpaired) electrons. The number of rotatable bonds is 2. The Morgan fingerprint density at radius 1 is 1.50 bits per heavy atom. The lowest BCUT2D eigenvalue weighted by Gasteiger charge is -2.21. The van der Waals surface area contributed by atoms with Gasteiger partial charge in [0.1, 0.15) is 0 Å². The number of aliphatic carboxylic acids is 1. The summed E-state index contributed by atoms with van der Waals surface area (Å²) < 4.78 is 0.325. The van der Waals surface area contributed by atoms with Gasteiger partial charge in [0.2, 0.25) is 0 Å². The van der Waals surface area contributed by atoms with Crippen molar-refractivity contribution in [1.29, 1.82) is 0 Å². The third-order valence-corrected chi connectivity index (χ3v) is 3.67. The van der Waals surface area contributed by atoms with E-state index in [1.807, 2.05) is 11.8 Å². The summed E-state index contributed by atoms with van der Waals surface area (Å²) in [7, 11) is 0. The zero-order chi connectivity index (χ0) is 10.6. The Labute approximate surface area is 89.2 Å². The summed E-state index contributed by atoms with van der Waals surface area (Å²) in [6.45, 7) is 6.37. The number of hydrogen-bond donors (Lipinski definition) is 1. The molecule has 1 heterocycles. The molecule has 0 aromatic heterocycles. The summed E-state index contributed by atoms with van der Waals surface area (Å²) in [6.07, 6.45) is 3.99. The Bertz CT molecular complexity index is 238. The molecule has 1 saturated heterocycles. The molecule has 0 aromatic rings. The average Bonchev–Trinajstić information content (AvgIpc) is 2.23. The predicted molar refractivity (Wildman–Crippen MR) is 59.5 cm³/mol. The van der Waals surface area contributed by atoms with E-state index in [1.165, 1.54) is 6.08 Å². The second-order valence-corrected chi connectivity index (χ2v) is 5.85. The fraction of sp³-hybridized carbons (Fsp3) is 0.700. The molecule has 14 heavy (non-hydrogen) atoms. The lowest BCUT2D eigenvalue weighted by Crippen LogP contribution is -2.22. The van der Waals surface area contributed by atoms with Crippen LogP contribution in [0.25, 0.3) is 0 Å². The molecular formula is C10H17NO2S. The molecule has 0 bridgehead atoms. The van der Waals surface area contributed by atoms with Crippen molar-refractivity contribution >= 4 is 17.7 Å². The maximum Gasteiger partial charge on any atom is 0.329 e. The van der Waals surface area contributed by atoms with Gasteiger partial charge in [-0.3, -0.25) is 0 Å². The van der Waals surface area contributed by atoms with Crippen LogP contribution in [0.3, 0.4) is 0 Å². The van der Waals surface area contributed by atoms with Crippen LogP contribution in [-0.2, 0) is 4.79 Å². The quantitative estimate of drug-likeness (QED) is 0.713. The zero-order valence-electron chi connectivity index (χ0n) is 8.69. The molecule has 3 nitrogen and oxygen atoms in total. The lowest BCUT2D eigenvalue weighted by atomic mass is 10.1. The Balaban J connectivity index is 2.46. The summed E-state index contributed by atoms with van der Waals surface area (Å²) >= 11 is 1.96. The van der Waals surface area contributed by atoms with Crippen LogP contribution in [0.4, 0.5) is 0 Å². The standard InChI is InChI=1S/C10H17NO2S/c1-10(2)4-6-11(7-8-14-10)5-3-9(12)13/h3,5H,4,6-8H2,1-2H3,(H,12,13)/b5-3+. The van der Waals surface area contributed by atoms with Crippen molar-refractivity contribution < 1.29 is 9.90 Å². The maximum absolute atomic E-state index is 10.3. The summed E-state index contributed by atoms with van der Waals surface area (Å²) in [4.78, 5) is 12.4. The summed E-state index contributed by atoms with van der Waals surface area (Å²) in [6, 6.07) is 0. The minimum Gasteiger partial charge on any atom is -0.478 e. The molecule has 1 rings (SSSR count). The van der Waals surface area contributed by atoms with E-state index in [-0.39, 0.29) is 0 Å². The van der Waals surface area contributed by atoms with Gasteiger partial charge in [0.15, 0.2) is 0 Å². The van der Waals surface area contributed by atoms with Gasteiger partial charge in [-0.1, -0.05) is 13.8 Å². The van der Waals surface area contributed by atoms with Gasteiger partial charge in [0.05, 0.1) is 0 Å². The van der Waals surface area contributed by atoms with E-state index in [1.54, 1.807) is 6.20 Å². The predicted octanol–water partition coefficient (Wildman–Crippen LogP) is 1.80. The SMILES string of the molecule is CC1(C)CCN(/C=C/C(=O)O)CCS1. The molecule has 0 amide bonds. The van der Waals surface area contributed by atoms with Gasteiger partial charge in [-0.05, 0) is 6.42 Å². The van der Waals surface area contributed by atoms with E-state index in [2.05, 4.69) is 18.7 Å². The zero-order valence-corrected chi connectivity index (χ0v) is 9.51. The third-order valence-electron chi connectivity index (χ3n) is 2.30. The summed E-state index contributed by atoms with van der Waals surface area (Å²) in [5.74, 6) is 0.193. The van der Waals surface area contributed by atoms with Crippen LogP contribution in [-0.4, -0.2) is 39.6 Å². The number of carboxylic acids is 1. The number of hydrogen-bond acceptors (Lipinski definition) is 3. The van der Waals surface area contributed by atoms with Crippen LogP contribution in [0.5, 0.6) is 0 Å². The number of nitrogens with zero attached hydrogens (tertiary/aromatic N) is 1. The maximum atomic E-state index is 10.3. The van der Waals surface area contributed by atoms with Crippen molar-refractivity contribution in [1.82, 2.24) is 4.90 Å². The van der Waals surface area contributed by atoms with Crippen LogP contribution >= 0.6 is 11.8 Å². The Hall–Kier alpha value is -0.640. The fourth-order valence-electron chi connectivity index (χ4n) is 1.35. The molecule has 1 aliphatic heterocycles. The monoisotopic (exact) mass is 215 g/mol. The molecular weight excluding hydrogens is 198 g/mol. The fourth-order valence-corrected chi connectivity index (χ4v) is 2.47. The van der Waals surface area contributed by atoms with Gasteiger partial charge in [0.25, 0.3) is 0 Å². The highest BCUT2D eigenvalue weighted by atomic mass is 32.2. The van der Waals surface area contributed by atoms with Crippen molar-refractivity contribution in [2.24, 2.45) is 0 Å². The van der Waals surface area contributed by atoms with Crippen molar-refractivity contribution in [3.05, 3.63) is 12.3 Å². The molecule has 0 aromatic carbocycles. The highest BCUT2D eigenvalue weighted by molar-refractivity contribution is 8.00. The Kier molecular flexibility index (Phi) is 3.86. The van der Waals surface area contributed by atoms with Crippen molar-refractivity contribution in [3.63, 3.8) is 0 Å². The molecule has 0 aliphatic carbocycles. The molecule has 0 unspecified atom stereocenters. The van der Waals surface area contributed by atoms with E-state index in [0.717, 1.165) is 25.3 Å². The van der Waals surface area contributed by atoms with Gasteiger partial charge in [0, 0.05) is 35.9 Å². The molecule has 0 saturated carbocycles. The van der Waals surface area contributed by atoms with E-state index >= 15 is 0 Å². The highest BCUT2D eigenvalue weighted by Gasteiger charge is 2.22. The normalized spacial score (nSPS) is 22.3. The minimum atomic E-state index is -0.874. The van der Waals surface area contributed by atoms with Gasteiger partial charge >= 0.3 is 5.97 Å². The van der Waals surface area contributed by atoms with Crippen molar-refractivity contribution in [2.75, 3.05) is 18.8 Å². The molecule has 1 fully saturated rings. The highest BCUT2D eigenvalue weighted by Crippen LogP contribution is 2.30. The van der Waals surface area contributed by atoms with Gasteiger partial charge in [-0.2, -0.15) is 11.8 Å². The van der Waals surface area contributed by atoms with E-state index in [0.29, 0.717) is 4.75 Å². The van der Waals surface area contributed by atoms with Crippen molar-refractivity contribution in [3.8, 4) is 0 Å². The van der Waals surface area contributed by atoms with Crippen LogP contribution in [0, 0.1) is 0 Å². The smallest absolute Gasteiger partial charge is 0.329 e. The van der Waals surface area contributed by atoms with Crippen LogP contribution in [0.1, 0.15) is 20.3 Å². The first-order valence-electron chi connectivity index (χ1n) is 4.79. The largest absolute Gasteiger partial charge is 0.478 e. The summed E-state index contributed by atoms with van der Waals surface area (Å²) in [5, 5.41) is 8.50. The van der Waals surface area contributed by atoms with Crippen LogP contribution in [0.2, 0.25) is 0 Å². The molecule has 0 spiro atoms. The second kappa shape index (κ2) is 4.73. The Morgan fingerprint density at radius 2 is 2.21 bits per heavy atom. The molecule has 0 atom stereocenters. The lowest BCUT2D eigenvalue weighted by molar-refractivity contribution is -0.131. The molecule has 1 N–H and O–H groups in total. The first-order valence-corrected chi connectivity index (χ1v) is 5.77. The second-order valence-electron chi connectivity index (χ2n) is 4.05. The van der Waals surface area contributed by atoms with Crippen LogP contribution < -0.4 is 0 Å². The van der Waals surface area contributed by atoms with Gasteiger partial charge in [-0.15, -0.1) is 0 Å². The molecule has 1 aliphatic rings. The first-order chi connectivity index (χ1) is 6.49. The number of carboxylic acid groups (broad SMARTS) is 1. The van der Waals surface area contributed by atoms with Crippen molar-refractivity contribution in [2.45, 2.75) is 25.0 Å². The molecule has 4 heteroatoms. The third kappa shape index (κ3) is 4.05. The topological polar surface area (TPSA) is 40.5 Å². The molecule has 80 valence electrons. The first kappa shape index (κ1) is 11.4. The summed E-state index contributed by atoms with van der Waals surface area (Å²) in [5.41, 5.74) is 0. The number of thioether (sulfide) groups is 1.